The third-order valence-electron chi connectivity index (χ3n) is 0. The van der Waals surface area contributed by atoms with Gasteiger partial charge >= 0.3 is 10.7 Å². The molecule has 0 spiro atoms. The first-order chi connectivity index (χ1) is 3.73. The lowest BCUT2D eigenvalue weighted by Crippen LogP contribution is -1.89. The lowest BCUT2D eigenvalue weighted by Gasteiger charge is -1.87. The van der Waals surface area contributed by atoms with E-state index in [0.717, 1.165) is 0 Å². The minimum Gasteiger partial charge on any atom is -0.125 e. The van der Waals surface area contributed by atoms with Crippen molar-refractivity contribution in [1.29, 1.82) is 0 Å². The van der Waals surface area contributed by atoms with Crippen molar-refractivity contribution in [2.24, 2.45) is 0 Å². The van der Waals surface area contributed by atoms with E-state index in [-0.39, 0.29) is 0 Å². The van der Waals surface area contributed by atoms with Gasteiger partial charge in [-0.25, -0.2) is 0 Å². The summed E-state index contributed by atoms with van der Waals surface area (Å²) in [7, 11) is 0. The fourth-order valence-electron chi connectivity index (χ4n) is 0. The maximum atomic E-state index is 5.27. The van der Waals surface area contributed by atoms with Crippen molar-refractivity contribution in [3.05, 3.63) is 0 Å². The molecule has 0 heterocycles. The van der Waals surface area contributed by atoms with E-state index in [1.54, 1.807) is 0 Å². The van der Waals surface area contributed by atoms with Crippen molar-refractivity contribution >= 4 is 96.6 Å². The summed E-state index contributed by atoms with van der Waals surface area (Å²) in [6.07, 6.45) is 0. The molecule has 0 aliphatic carbocycles. The second-order valence-electron chi connectivity index (χ2n) is 0.643. The maximum absolute atomic E-state index is 5.27. The molecule has 9 heavy (non-hydrogen) atoms. The van der Waals surface area contributed by atoms with Gasteiger partial charge in [0.2, 0.25) is 0 Å². The third-order valence-corrected chi connectivity index (χ3v) is 0. The highest BCUT2D eigenvalue weighted by atomic mass is 79.9. The SMILES string of the molecule is Cl[Si](Cl)(Br)Br.Cl[Si](Cl)Cl. The predicted molar refractivity (Wildman–Crippen MR) is 58.6 cm³/mol. The Hall–Kier alpha value is 2.84. The van der Waals surface area contributed by atoms with Crippen LogP contribution < -0.4 is 0 Å². The van der Waals surface area contributed by atoms with E-state index < -0.39 is 10.7 Å². The van der Waals surface area contributed by atoms with Crippen LogP contribution in [0.3, 0.4) is 0 Å². The van der Waals surface area contributed by atoms with Gasteiger partial charge < -0.3 is 0 Å². The summed E-state index contributed by atoms with van der Waals surface area (Å²) >= 11 is 31.2. The molecule has 0 nitrogen and oxygen atoms in total. The Balaban J connectivity index is 0. The monoisotopic (exact) mass is 389 g/mol. The molecule has 0 aromatic rings. The van der Waals surface area contributed by atoms with Crippen molar-refractivity contribution in [1.82, 2.24) is 0 Å². The van der Waals surface area contributed by atoms with Crippen LogP contribution in [0.15, 0.2) is 0 Å². The van der Waals surface area contributed by atoms with Gasteiger partial charge in [0.25, 0.3) is 0 Å². The molecule has 0 bridgehead atoms. The molecule has 0 aromatic heterocycles. The lowest BCUT2D eigenvalue weighted by molar-refractivity contribution is 4.07. The molecule has 0 aliphatic rings. The Morgan fingerprint density at radius 1 is 1.00 bits per heavy atom. The molecule has 57 valence electrons. The van der Waals surface area contributed by atoms with Gasteiger partial charge in [-0.3, -0.25) is 0 Å². The highest BCUT2D eigenvalue weighted by Gasteiger charge is 2.16. The molecule has 0 rings (SSSR count). The van der Waals surface area contributed by atoms with Gasteiger partial charge in [-0.2, -0.15) is 0 Å². The van der Waals surface area contributed by atoms with E-state index in [2.05, 4.69) is 30.6 Å². The Kier molecular flexibility index (Phi) is 12.0. The minimum atomic E-state index is -2.04. The summed E-state index contributed by atoms with van der Waals surface area (Å²) in [6, 6.07) is 0. The summed E-state index contributed by atoms with van der Waals surface area (Å²) in [5, 5.41) is 0. The summed E-state index contributed by atoms with van der Waals surface area (Å²) in [5.41, 5.74) is 0. The van der Waals surface area contributed by atoms with Crippen LogP contribution in [0.5, 0.6) is 0 Å². The fraction of sp³-hybridized carbons (Fsp3) is 0. The van der Waals surface area contributed by atoms with Crippen molar-refractivity contribution in [2.75, 3.05) is 0 Å². The van der Waals surface area contributed by atoms with Gasteiger partial charge in [0.15, 0.2) is 0 Å². The van der Waals surface area contributed by atoms with Gasteiger partial charge in [-0.1, -0.05) is 30.6 Å². The molecule has 0 fully saturated rings. The highest BCUT2D eigenvalue weighted by molar-refractivity contribution is 9.54. The van der Waals surface area contributed by atoms with E-state index in [0.29, 0.717) is 0 Å². The van der Waals surface area contributed by atoms with E-state index in [9.17, 15) is 0 Å². The number of hydrogen-bond acceptors (Lipinski definition) is 0. The standard InChI is InChI=1S/Br2Cl2Si.Cl3Si/c1-5(2,3)4;1-4(2)3. The second-order valence-corrected chi connectivity index (χ2v) is 26.9. The van der Waals surface area contributed by atoms with Crippen molar-refractivity contribution in [3.63, 3.8) is 0 Å². The Morgan fingerprint density at radius 3 is 1.00 bits per heavy atom. The average molecular weight is 393 g/mol. The zero-order valence-electron chi connectivity index (χ0n) is 3.65. The summed E-state index contributed by atoms with van der Waals surface area (Å²) < 4.78 is -2.04. The molecule has 0 aromatic carbocycles. The molecule has 0 unspecified atom stereocenters. The Morgan fingerprint density at radius 2 is 1.00 bits per heavy atom. The predicted octanol–water partition coefficient (Wildman–Crippen LogP) is 4.38. The minimum absolute atomic E-state index is 1.46. The molecular weight excluding hydrogens is 393 g/mol. The van der Waals surface area contributed by atoms with Gasteiger partial charge in [-0.05, 0) is 0 Å². The van der Waals surface area contributed by atoms with Crippen LogP contribution in [0.1, 0.15) is 0 Å². The average Bonchev–Trinajstić information content (AvgIpc) is 1.19. The van der Waals surface area contributed by atoms with Gasteiger partial charge in [0.1, 0.15) is 0 Å². The van der Waals surface area contributed by atoms with E-state index in [1.165, 1.54) is 0 Å². The van der Waals surface area contributed by atoms with Crippen LogP contribution in [0.25, 0.3) is 0 Å². The van der Waals surface area contributed by atoms with Crippen LogP contribution in [0.2, 0.25) is 0 Å². The molecule has 0 amide bonds. The zero-order chi connectivity index (χ0) is 8.08. The highest BCUT2D eigenvalue weighted by Crippen LogP contribution is 2.28. The first-order valence-corrected chi connectivity index (χ1v) is 14.4. The fourth-order valence-corrected chi connectivity index (χ4v) is 0. The zero-order valence-corrected chi connectivity index (χ0v) is 12.6. The quantitative estimate of drug-likeness (QED) is 0.424. The van der Waals surface area contributed by atoms with Gasteiger partial charge in [0.05, 0.1) is 0 Å². The molecule has 0 saturated heterocycles. The van der Waals surface area contributed by atoms with E-state index >= 15 is 0 Å². The van der Waals surface area contributed by atoms with Crippen molar-refractivity contribution in [2.45, 2.75) is 0 Å². The van der Waals surface area contributed by atoms with Crippen LogP contribution in [0, 0.1) is 0 Å². The molecule has 0 aliphatic heterocycles. The Bertz CT molecular complexity index is 49.7. The molecular formula is Br2Cl5Si2. The lowest BCUT2D eigenvalue weighted by atomic mass is 27.7. The van der Waals surface area contributed by atoms with Crippen LogP contribution >= 0.6 is 86.0 Å². The largest absolute Gasteiger partial charge is 0.387 e. The van der Waals surface area contributed by atoms with Gasteiger partial charge in [-0.15, -0.1) is 55.4 Å². The Labute approximate surface area is 95.4 Å². The van der Waals surface area contributed by atoms with Crippen LogP contribution in [-0.2, 0) is 0 Å². The molecule has 9 heteroatoms. The summed E-state index contributed by atoms with van der Waals surface area (Å²) in [6.45, 7) is -1.46. The smallest absolute Gasteiger partial charge is 0.125 e. The van der Waals surface area contributed by atoms with Crippen LogP contribution in [-0.4, -0.2) is 10.7 Å². The molecule has 0 atom stereocenters. The molecule has 0 saturated carbocycles. The normalized spacial score (nSPS) is 10.7. The van der Waals surface area contributed by atoms with Crippen molar-refractivity contribution in [3.8, 4) is 0 Å². The number of halogens is 7. The van der Waals surface area contributed by atoms with Crippen LogP contribution in [0.4, 0.5) is 0 Å². The number of hydrogen-bond donors (Lipinski definition) is 0. The second kappa shape index (κ2) is 7.49. The van der Waals surface area contributed by atoms with E-state index in [4.69, 9.17) is 55.4 Å². The first kappa shape index (κ1) is 14.4. The first-order valence-electron chi connectivity index (χ1n) is 1.32. The third kappa shape index (κ3) is 105. The molecule has 1 radical (unpaired) electrons. The summed E-state index contributed by atoms with van der Waals surface area (Å²) in [5.74, 6) is 0. The maximum Gasteiger partial charge on any atom is 0.387 e. The van der Waals surface area contributed by atoms with Gasteiger partial charge in [0, 0.05) is 0 Å². The topological polar surface area (TPSA) is 0 Å². The summed E-state index contributed by atoms with van der Waals surface area (Å²) in [4.78, 5) is 0. The van der Waals surface area contributed by atoms with Crippen molar-refractivity contribution < 1.29 is 0 Å². The van der Waals surface area contributed by atoms with E-state index in [1.807, 2.05) is 0 Å². The molecule has 0 N–H and O–H groups in total. The number of rotatable bonds is 0.